The summed E-state index contributed by atoms with van der Waals surface area (Å²) in [5.41, 5.74) is 8.33. The summed E-state index contributed by atoms with van der Waals surface area (Å²) in [4.78, 5) is 30.7. The van der Waals surface area contributed by atoms with Gasteiger partial charge in [-0.25, -0.2) is 24.7 Å². The highest BCUT2D eigenvalue weighted by Crippen LogP contribution is 2.30. The second-order valence-corrected chi connectivity index (χ2v) is 9.04. The third kappa shape index (κ3) is 4.35. The zero-order chi connectivity index (χ0) is 25.4. The predicted molar refractivity (Wildman–Crippen MR) is 140 cm³/mol. The quantitative estimate of drug-likeness (QED) is 0.333. The zero-order valence-electron chi connectivity index (χ0n) is 20.8. The Kier molecular flexibility index (Phi) is 6.06. The van der Waals surface area contributed by atoms with Crippen molar-refractivity contribution in [2.75, 3.05) is 0 Å². The molecule has 0 aliphatic rings. The van der Waals surface area contributed by atoms with E-state index in [0.29, 0.717) is 23.5 Å². The van der Waals surface area contributed by atoms with E-state index in [2.05, 4.69) is 27.5 Å². The number of nitrogens with zero attached hydrogens (tertiary/aromatic N) is 5. The Labute approximate surface area is 209 Å². The summed E-state index contributed by atoms with van der Waals surface area (Å²) in [5.74, 6) is 0.553. The van der Waals surface area contributed by atoms with Gasteiger partial charge in [-0.3, -0.25) is 0 Å². The molecular weight excluding hydrogens is 450 g/mol. The van der Waals surface area contributed by atoms with Crippen molar-refractivity contribution in [3.05, 3.63) is 95.0 Å². The Morgan fingerprint density at radius 3 is 2.36 bits per heavy atom. The van der Waals surface area contributed by atoms with Gasteiger partial charge in [-0.1, -0.05) is 42.8 Å². The van der Waals surface area contributed by atoms with Crippen LogP contribution in [-0.4, -0.2) is 35.6 Å². The number of aromatic carboxylic acids is 1. The highest BCUT2D eigenvalue weighted by atomic mass is 16.4. The Balaban J connectivity index is 1.52. The monoisotopic (exact) mass is 477 g/mol. The first kappa shape index (κ1) is 23.4. The molecule has 0 aliphatic heterocycles. The topological polar surface area (TPSA) is 93.8 Å². The second kappa shape index (κ2) is 9.34. The first-order valence-corrected chi connectivity index (χ1v) is 11.9. The van der Waals surface area contributed by atoms with Gasteiger partial charge < -0.3 is 9.67 Å². The van der Waals surface area contributed by atoms with Crippen LogP contribution in [0.3, 0.4) is 0 Å². The fourth-order valence-electron chi connectivity index (χ4n) is 4.58. The second-order valence-electron chi connectivity index (χ2n) is 9.04. The SMILES string of the molecule is CCc1nc2c(C)cc(C)nc2n1Cc1ncc(-c2cc(-c3cccc(C)c3)ccc2C(=O)O)cn1. The lowest BCUT2D eigenvalue weighted by molar-refractivity contribution is 0.0697. The summed E-state index contributed by atoms with van der Waals surface area (Å²) in [7, 11) is 0. The lowest BCUT2D eigenvalue weighted by atomic mass is 9.95. The van der Waals surface area contributed by atoms with Gasteiger partial charge in [0.15, 0.2) is 5.65 Å². The van der Waals surface area contributed by atoms with E-state index < -0.39 is 5.97 Å². The van der Waals surface area contributed by atoms with Crippen LogP contribution in [-0.2, 0) is 13.0 Å². The number of rotatable bonds is 6. The van der Waals surface area contributed by atoms with Gasteiger partial charge in [0.05, 0.1) is 12.1 Å². The lowest BCUT2D eigenvalue weighted by Gasteiger charge is -2.11. The molecule has 0 atom stereocenters. The molecule has 0 aliphatic carbocycles. The van der Waals surface area contributed by atoms with E-state index >= 15 is 0 Å². The van der Waals surface area contributed by atoms with E-state index in [9.17, 15) is 9.90 Å². The van der Waals surface area contributed by atoms with Gasteiger partial charge in [-0.2, -0.15) is 0 Å². The third-order valence-electron chi connectivity index (χ3n) is 6.33. The highest BCUT2D eigenvalue weighted by Gasteiger charge is 2.17. The van der Waals surface area contributed by atoms with Gasteiger partial charge in [0, 0.05) is 30.1 Å². The van der Waals surface area contributed by atoms with Gasteiger partial charge in [0.1, 0.15) is 17.2 Å². The highest BCUT2D eigenvalue weighted by molar-refractivity contribution is 5.97. The molecule has 7 nitrogen and oxygen atoms in total. The minimum absolute atomic E-state index is 0.215. The molecule has 180 valence electrons. The number of carbonyl (C=O) groups is 1. The smallest absolute Gasteiger partial charge is 0.336 e. The molecule has 0 radical (unpaired) electrons. The summed E-state index contributed by atoms with van der Waals surface area (Å²) >= 11 is 0. The largest absolute Gasteiger partial charge is 0.478 e. The first-order valence-electron chi connectivity index (χ1n) is 11.9. The van der Waals surface area contributed by atoms with Crippen LogP contribution >= 0.6 is 0 Å². The minimum atomic E-state index is -0.987. The molecule has 1 N–H and O–H groups in total. The van der Waals surface area contributed by atoms with Crippen molar-refractivity contribution in [3.8, 4) is 22.3 Å². The van der Waals surface area contributed by atoms with Crippen molar-refractivity contribution in [2.45, 2.75) is 40.7 Å². The molecule has 0 saturated carbocycles. The Hall–Kier alpha value is -4.39. The molecule has 36 heavy (non-hydrogen) atoms. The number of aromatic nitrogens is 5. The van der Waals surface area contributed by atoms with Gasteiger partial charge in [-0.15, -0.1) is 0 Å². The van der Waals surface area contributed by atoms with Crippen LogP contribution in [0.5, 0.6) is 0 Å². The van der Waals surface area contributed by atoms with Crippen molar-refractivity contribution in [1.29, 1.82) is 0 Å². The molecule has 0 amide bonds. The number of hydrogen-bond acceptors (Lipinski definition) is 5. The molecule has 5 rings (SSSR count). The maximum absolute atomic E-state index is 12.0. The molecule has 0 spiro atoms. The van der Waals surface area contributed by atoms with Gasteiger partial charge in [-0.05, 0) is 61.2 Å². The molecule has 2 aromatic carbocycles. The van der Waals surface area contributed by atoms with Crippen LogP contribution in [0.25, 0.3) is 33.4 Å². The van der Waals surface area contributed by atoms with E-state index in [1.165, 1.54) is 0 Å². The predicted octanol–water partition coefficient (Wildman–Crippen LogP) is 5.79. The van der Waals surface area contributed by atoms with Crippen molar-refractivity contribution in [2.24, 2.45) is 0 Å². The van der Waals surface area contributed by atoms with Crippen LogP contribution in [0.15, 0.2) is 60.9 Å². The van der Waals surface area contributed by atoms with Crippen LogP contribution in [0.1, 0.15) is 45.8 Å². The van der Waals surface area contributed by atoms with E-state index in [4.69, 9.17) is 9.97 Å². The third-order valence-corrected chi connectivity index (χ3v) is 6.33. The number of benzene rings is 2. The summed E-state index contributed by atoms with van der Waals surface area (Å²) in [5, 5.41) is 9.80. The van der Waals surface area contributed by atoms with Gasteiger partial charge in [0.2, 0.25) is 0 Å². The zero-order valence-corrected chi connectivity index (χ0v) is 20.8. The fraction of sp³-hybridized carbons (Fsp3) is 0.207. The Morgan fingerprint density at radius 1 is 0.917 bits per heavy atom. The van der Waals surface area contributed by atoms with Crippen LogP contribution in [0.4, 0.5) is 0 Å². The number of imidazole rings is 1. The van der Waals surface area contributed by atoms with E-state index in [1.807, 2.05) is 57.2 Å². The number of aryl methyl sites for hydroxylation is 4. The van der Waals surface area contributed by atoms with Crippen molar-refractivity contribution >= 4 is 17.1 Å². The summed E-state index contributed by atoms with van der Waals surface area (Å²) < 4.78 is 2.06. The van der Waals surface area contributed by atoms with Crippen LogP contribution in [0, 0.1) is 20.8 Å². The van der Waals surface area contributed by atoms with E-state index in [-0.39, 0.29) is 5.56 Å². The average molecular weight is 478 g/mol. The average Bonchev–Trinajstić information content (AvgIpc) is 3.21. The number of fused-ring (bicyclic) bond motifs is 1. The molecular formula is C29H27N5O2. The number of hydrogen-bond donors (Lipinski definition) is 1. The molecule has 3 aromatic heterocycles. The molecule has 3 heterocycles. The number of carboxylic acid groups (broad SMARTS) is 1. The summed E-state index contributed by atoms with van der Waals surface area (Å²) in [6.07, 6.45) is 4.15. The van der Waals surface area contributed by atoms with Gasteiger partial charge >= 0.3 is 5.97 Å². The maximum Gasteiger partial charge on any atom is 0.336 e. The number of pyridine rings is 1. The first-order chi connectivity index (χ1) is 17.3. The molecule has 0 saturated heterocycles. The van der Waals surface area contributed by atoms with Crippen LogP contribution < -0.4 is 0 Å². The minimum Gasteiger partial charge on any atom is -0.478 e. The maximum atomic E-state index is 12.0. The van der Waals surface area contributed by atoms with E-state index in [0.717, 1.165) is 51.4 Å². The van der Waals surface area contributed by atoms with Gasteiger partial charge in [0.25, 0.3) is 0 Å². The standard InChI is InChI=1S/C29H27N5O2/c1-5-26-33-27-18(3)12-19(4)32-28(27)34(26)16-25-30-14-22(15-31-25)24-13-21(9-10-23(24)29(35)36)20-8-6-7-17(2)11-20/h6-15H,5,16H2,1-4H3,(H,35,36). The molecule has 0 unspecified atom stereocenters. The van der Waals surface area contributed by atoms with Crippen molar-refractivity contribution < 1.29 is 9.90 Å². The number of carboxylic acids is 1. The molecule has 0 fully saturated rings. The lowest BCUT2D eigenvalue weighted by Crippen LogP contribution is -2.09. The van der Waals surface area contributed by atoms with E-state index in [1.54, 1.807) is 18.5 Å². The summed E-state index contributed by atoms with van der Waals surface area (Å²) in [6, 6.07) is 15.5. The fourth-order valence-corrected chi connectivity index (χ4v) is 4.58. The van der Waals surface area contributed by atoms with Crippen molar-refractivity contribution in [1.82, 2.24) is 24.5 Å². The molecule has 7 heteroatoms. The molecule has 5 aromatic rings. The Bertz CT molecular complexity index is 1600. The normalized spacial score (nSPS) is 11.2. The van der Waals surface area contributed by atoms with Crippen LogP contribution in [0.2, 0.25) is 0 Å². The Morgan fingerprint density at radius 2 is 1.67 bits per heavy atom. The van der Waals surface area contributed by atoms with Crippen molar-refractivity contribution in [3.63, 3.8) is 0 Å². The molecule has 0 bridgehead atoms. The summed E-state index contributed by atoms with van der Waals surface area (Å²) in [6.45, 7) is 8.56.